The molecule has 0 radical (unpaired) electrons. The van der Waals surface area contributed by atoms with Gasteiger partial charge in [-0.1, -0.05) is 62.1 Å². The molecule has 2 nitrogen and oxygen atoms in total. The van der Waals surface area contributed by atoms with Crippen LogP contribution in [-0.4, -0.2) is 13.1 Å². The Kier molecular flexibility index (Phi) is 5.90. The summed E-state index contributed by atoms with van der Waals surface area (Å²) in [5, 5.41) is 0. The minimum Gasteiger partial charge on any atom is -0.469 e. The molecule has 0 heterocycles. The zero-order chi connectivity index (χ0) is 18.8. The fourth-order valence-electron chi connectivity index (χ4n) is 6.90. The number of hydrogen-bond donors (Lipinski definition) is 0. The van der Waals surface area contributed by atoms with Crippen LogP contribution in [0.4, 0.5) is 0 Å². The number of rotatable bonds is 9. The summed E-state index contributed by atoms with van der Waals surface area (Å²) < 4.78 is 5.07. The number of unbranched alkanes of at least 4 members (excludes halogenated alkanes) is 5. The minimum atomic E-state index is -0.0495. The molecule has 148 valence electrons. The van der Waals surface area contributed by atoms with E-state index in [1.165, 1.54) is 58.5 Å². The molecule has 0 spiro atoms. The number of allylic oxidation sites excluding steroid dienone is 5. The molecular formula is C25H36O2. The molecule has 8 unspecified atom stereocenters. The van der Waals surface area contributed by atoms with Crippen LogP contribution in [-0.2, 0) is 9.53 Å². The van der Waals surface area contributed by atoms with E-state index < -0.39 is 0 Å². The Morgan fingerprint density at radius 1 is 1.00 bits per heavy atom. The second kappa shape index (κ2) is 8.37. The molecule has 0 N–H and O–H groups in total. The fraction of sp³-hybridized carbons (Fsp3) is 0.720. The van der Waals surface area contributed by atoms with Gasteiger partial charge in [-0.15, -0.1) is 0 Å². The van der Waals surface area contributed by atoms with Crippen LogP contribution in [0, 0.1) is 47.3 Å². The van der Waals surface area contributed by atoms with Crippen molar-refractivity contribution in [3.8, 4) is 0 Å². The first-order valence-electron chi connectivity index (χ1n) is 11.3. The summed E-state index contributed by atoms with van der Waals surface area (Å²) in [4.78, 5) is 12.2. The van der Waals surface area contributed by atoms with Crippen molar-refractivity contribution < 1.29 is 9.53 Å². The van der Waals surface area contributed by atoms with E-state index in [1.54, 1.807) is 0 Å². The summed E-state index contributed by atoms with van der Waals surface area (Å²) in [7, 11) is 1.52. The molecule has 0 saturated heterocycles. The average Bonchev–Trinajstić information content (AvgIpc) is 3.03. The van der Waals surface area contributed by atoms with E-state index in [1.807, 2.05) is 0 Å². The topological polar surface area (TPSA) is 26.3 Å². The van der Waals surface area contributed by atoms with Crippen molar-refractivity contribution in [3.63, 3.8) is 0 Å². The molecule has 2 heteroatoms. The molecular weight excluding hydrogens is 332 g/mol. The summed E-state index contributed by atoms with van der Waals surface area (Å²) in [6.45, 7) is 2.11. The first-order chi connectivity index (χ1) is 13.3. The SMILES string of the molecule is CC=CCCCCCCCC1C2C=CC3C(C(=O)OC)C=CC4CC1C2C43. The van der Waals surface area contributed by atoms with Crippen molar-refractivity contribution in [2.45, 2.75) is 58.3 Å². The monoisotopic (exact) mass is 368 g/mol. The molecule has 0 bridgehead atoms. The largest absolute Gasteiger partial charge is 0.469 e. The maximum Gasteiger partial charge on any atom is 0.313 e. The van der Waals surface area contributed by atoms with Gasteiger partial charge >= 0.3 is 5.97 Å². The third-order valence-electron chi connectivity index (χ3n) is 8.06. The van der Waals surface area contributed by atoms with E-state index in [2.05, 4.69) is 43.4 Å². The average molecular weight is 369 g/mol. The van der Waals surface area contributed by atoms with Crippen molar-refractivity contribution in [3.05, 3.63) is 36.5 Å². The summed E-state index contributed by atoms with van der Waals surface area (Å²) in [6.07, 6.45) is 24.8. The molecule has 0 aromatic carbocycles. The first kappa shape index (κ1) is 19.0. The number of carbonyl (C=O) groups is 1. The number of carbonyl (C=O) groups excluding carboxylic acids is 1. The highest BCUT2D eigenvalue weighted by Crippen LogP contribution is 2.67. The standard InChI is InChI=1S/C25H36O2/c1-3-4-5-6-7-8-9-10-11-18-19-14-15-20-21(25(26)27-2)13-12-17-16-22(18)24(19)23(17)20/h3-4,12-15,17-24H,5-11,16H2,1-2H3. The van der Waals surface area contributed by atoms with Crippen LogP contribution in [0.3, 0.4) is 0 Å². The highest BCUT2D eigenvalue weighted by atomic mass is 16.5. The van der Waals surface area contributed by atoms with Gasteiger partial charge in [0.1, 0.15) is 0 Å². The van der Waals surface area contributed by atoms with Crippen molar-refractivity contribution in [1.29, 1.82) is 0 Å². The zero-order valence-corrected chi connectivity index (χ0v) is 17.1. The number of ether oxygens (including phenoxy) is 1. The molecule has 27 heavy (non-hydrogen) atoms. The van der Waals surface area contributed by atoms with Gasteiger partial charge in [0.05, 0.1) is 13.0 Å². The van der Waals surface area contributed by atoms with Gasteiger partial charge in [-0.25, -0.2) is 0 Å². The van der Waals surface area contributed by atoms with Crippen LogP contribution in [0.25, 0.3) is 0 Å². The minimum absolute atomic E-state index is 0.0474. The molecule has 4 aliphatic carbocycles. The Labute approximate surface area is 165 Å². The predicted molar refractivity (Wildman–Crippen MR) is 110 cm³/mol. The lowest BCUT2D eigenvalue weighted by Crippen LogP contribution is -2.50. The Morgan fingerprint density at radius 3 is 2.59 bits per heavy atom. The van der Waals surface area contributed by atoms with Crippen LogP contribution in [0.15, 0.2) is 36.5 Å². The van der Waals surface area contributed by atoms with Crippen LogP contribution in [0.5, 0.6) is 0 Å². The number of esters is 1. The van der Waals surface area contributed by atoms with E-state index >= 15 is 0 Å². The van der Waals surface area contributed by atoms with Crippen molar-refractivity contribution in [1.82, 2.24) is 0 Å². The highest BCUT2D eigenvalue weighted by molar-refractivity contribution is 5.75. The third kappa shape index (κ3) is 3.45. The van der Waals surface area contributed by atoms with E-state index in [9.17, 15) is 4.79 Å². The summed E-state index contributed by atoms with van der Waals surface area (Å²) >= 11 is 0. The molecule has 2 saturated carbocycles. The van der Waals surface area contributed by atoms with Gasteiger partial charge < -0.3 is 4.74 Å². The molecule has 0 amide bonds. The first-order valence-corrected chi connectivity index (χ1v) is 11.3. The highest BCUT2D eigenvalue weighted by Gasteiger charge is 2.62. The van der Waals surface area contributed by atoms with E-state index in [0.29, 0.717) is 17.8 Å². The van der Waals surface area contributed by atoms with Crippen molar-refractivity contribution in [2.75, 3.05) is 7.11 Å². The lowest BCUT2D eigenvalue weighted by Gasteiger charge is -2.54. The van der Waals surface area contributed by atoms with Crippen LogP contribution >= 0.6 is 0 Å². The van der Waals surface area contributed by atoms with Gasteiger partial charge in [-0.05, 0) is 74.0 Å². The lowest BCUT2D eigenvalue weighted by atomic mass is 9.50. The van der Waals surface area contributed by atoms with Gasteiger partial charge in [-0.2, -0.15) is 0 Å². The maximum absolute atomic E-state index is 12.2. The Hall–Kier alpha value is -1.31. The summed E-state index contributed by atoms with van der Waals surface area (Å²) in [6, 6.07) is 0. The maximum atomic E-state index is 12.2. The molecule has 4 rings (SSSR count). The quantitative estimate of drug-likeness (QED) is 0.285. The van der Waals surface area contributed by atoms with Gasteiger partial charge in [0, 0.05) is 0 Å². The normalized spacial score (nSPS) is 40.8. The zero-order valence-electron chi connectivity index (χ0n) is 17.1. The van der Waals surface area contributed by atoms with Gasteiger partial charge in [0.2, 0.25) is 0 Å². The number of hydrogen-bond acceptors (Lipinski definition) is 2. The van der Waals surface area contributed by atoms with Gasteiger partial charge in [0.25, 0.3) is 0 Å². The van der Waals surface area contributed by atoms with Gasteiger partial charge in [0.15, 0.2) is 0 Å². The van der Waals surface area contributed by atoms with E-state index in [0.717, 1.165) is 23.7 Å². The summed E-state index contributed by atoms with van der Waals surface area (Å²) in [5.41, 5.74) is 0. The Bertz CT molecular complexity index is 616. The Balaban J connectivity index is 1.29. The van der Waals surface area contributed by atoms with Crippen LogP contribution < -0.4 is 0 Å². The fourth-order valence-corrected chi connectivity index (χ4v) is 6.90. The van der Waals surface area contributed by atoms with Crippen molar-refractivity contribution in [2.24, 2.45) is 47.3 Å². The molecule has 8 atom stereocenters. The van der Waals surface area contributed by atoms with Crippen LogP contribution in [0.1, 0.15) is 58.3 Å². The molecule has 0 aliphatic heterocycles. The van der Waals surface area contributed by atoms with Crippen molar-refractivity contribution >= 4 is 5.97 Å². The molecule has 2 fully saturated rings. The molecule has 0 aromatic rings. The summed E-state index contributed by atoms with van der Waals surface area (Å²) in [5.74, 6) is 5.14. The van der Waals surface area contributed by atoms with E-state index in [4.69, 9.17) is 4.74 Å². The lowest BCUT2D eigenvalue weighted by molar-refractivity contribution is -0.146. The van der Waals surface area contributed by atoms with Gasteiger partial charge in [-0.3, -0.25) is 4.79 Å². The second-order valence-electron chi connectivity index (χ2n) is 9.27. The molecule has 4 aliphatic rings. The second-order valence-corrected chi connectivity index (χ2v) is 9.27. The van der Waals surface area contributed by atoms with E-state index in [-0.39, 0.29) is 11.9 Å². The van der Waals surface area contributed by atoms with Crippen LogP contribution in [0.2, 0.25) is 0 Å². The number of methoxy groups -OCH3 is 1. The molecule has 0 aromatic heterocycles. The third-order valence-corrected chi connectivity index (χ3v) is 8.06. The smallest absolute Gasteiger partial charge is 0.313 e. The Morgan fingerprint density at radius 2 is 1.78 bits per heavy atom. The predicted octanol–water partition coefficient (Wildman–Crippen LogP) is 5.95.